The molecule has 0 spiro atoms. The highest BCUT2D eigenvalue weighted by molar-refractivity contribution is 7.85. The number of rotatable bonds is 4. The van der Waals surface area contributed by atoms with Gasteiger partial charge < -0.3 is 4.90 Å². The zero-order valence-electron chi connectivity index (χ0n) is 13.5. The van der Waals surface area contributed by atoms with Crippen LogP contribution < -0.4 is 0 Å². The van der Waals surface area contributed by atoms with Crippen LogP contribution in [-0.2, 0) is 10.1 Å². The normalized spacial score (nSPS) is 14.2. The molecule has 1 aromatic rings. The monoisotopic (exact) mass is 323 g/mol. The Morgan fingerprint density at radius 2 is 1.82 bits per heavy atom. The van der Waals surface area contributed by atoms with Crippen LogP contribution >= 0.6 is 0 Å². The van der Waals surface area contributed by atoms with Crippen LogP contribution in [0.1, 0.15) is 32.3 Å². The molecule has 0 radical (unpaired) electrons. The second-order valence-corrected chi connectivity index (χ2v) is 6.89. The molecule has 22 heavy (non-hydrogen) atoms. The SMILES string of the molecule is CCCCN1C=CC=C(C)C1.Cc1ccc(S(=O)(=O)O)cc1. The Labute approximate surface area is 133 Å². The number of benzene rings is 1. The molecular formula is C17H25NO3S. The van der Waals surface area contributed by atoms with Crippen molar-refractivity contribution < 1.29 is 13.0 Å². The lowest BCUT2D eigenvalue weighted by Gasteiger charge is -2.22. The van der Waals surface area contributed by atoms with E-state index in [0.717, 1.165) is 12.1 Å². The van der Waals surface area contributed by atoms with E-state index in [9.17, 15) is 8.42 Å². The number of hydrogen-bond acceptors (Lipinski definition) is 3. The first-order chi connectivity index (χ1) is 10.3. The van der Waals surface area contributed by atoms with E-state index < -0.39 is 10.1 Å². The van der Waals surface area contributed by atoms with Gasteiger partial charge in [0.05, 0.1) is 4.90 Å². The van der Waals surface area contributed by atoms with Crippen molar-refractivity contribution in [3.63, 3.8) is 0 Å². The summed E-state index contributed by atoms with van der Waals surface area (Å²) in [5.74, 6) is 0. The molecule has 0 saturated heterocycles. The Morgan fingerprint density at radius 3 is 2.32 bits per heavy atom. The molecule has 1 aliphatic rings. The van der Waals surface area contributed by atoms with Gasteiger partial charge in [-0.3, -0.25) is 4.55 Å². The number of aryl methyl sites for hydroxylation is 1. The lowest BCUT2D eigenvalue weighted by molar-refractivity contribution is 0.392. The average Bonchev–Trinajstić information content (AvgIpc) is 2.45. The highest BCUT2D eigenvalue weighted by atomic mass is 32.2. The smallest absolute Gasteiger partial charge is 0.294 e. The van der Waals surface area contributed by atoms with E-state index in [4.69, 9.17) is 4.55 Å². The van der Waals surface area contributed by atoms with Crippen LogP contribution in [0.4, 0.5) is 0 Å². The molecule has 5 heteroatoms. The maximum Gasteiger partial charge on any atom is 0.294 e. The van der Waals surface area contributed by atoms with E-state index >= 15 is 0 Å². The maximum atomic E-state index is 10.5. The van der Waals surface area contributed by atoms with Gasteiger partial charge >= 0.3 is 0 Å². The third kappa shape index (κ3) is 6.91. The van der Waals surface area contributed by atoms with Gasteiger partial charge in [0.2, 0.25) is 0 Å². The summed E-state index contributed by atoms with van der Waals surface area (Å²) in [6, 6.07) is 5.99. The van der Waals surface area contributed by atoms with E-state index in [1.807, 2.05) is 6.92 Å². The molecule has 0 aromatic heterocycles. The van der Waals surface area contributed by atoms with Crippen LogP contribution in [0.25, 0.3) is 0 Å². The summed E-state index contributed by atoms with van der Waals surface area (Å²) in [6.07, 6.45) is 9.09. The summed E-state index contributed by atoms with van der Waals surface area (Å²) in [4.78, 5) is 2.31. The Morgan fingerprint density at radius 1 is 1.18 bits per heavy atom. The molecule has 2 rings (SSSR count). The van der Waals surface area contributed by atoms with Crippen LogP contribution in [0, 0.1) is 6.92 Å². The molecule has 1 N–H and O–H groups in total. The highest BCUT2D eigenvalue weighted by Crippen LogP contribution is 2.08. The maximum absolute atomic E-state index is 10.5. The molecule has 0 aliphatic carbocycles. The van der Waals surface area contributed by atoms with Crippen molar-refractivity contribution >= 4 is 10.1 Å². The van der Waals surface area contributed by atoms with Crippen LogP contribution in [0.3, 0.4) is 0 Å². The number of nitrogens with zero attached hydrogens (tertiary/aromatic N) is 1. The van der Waals surface area contributed by atoms with Crippen molar-refractivity contribution in [3.8, 4) is 0 Å². The van der Waals surface area contributed by atoms with Gasteiger partial charge in [0.15, 0.2) is 0 Å². The third-order valence-corrected chi connectivity index (χ3v) is 4.12. The van der Waals surface area contributed by atoms with E-state index in [2.05, 4.69) is 37.1 Å². The van der Waals surface area contributed by atoms with Gasteiger partial charge in [-0.05, 0) is 44.7 Å². The third-order valence-electron chi connectivity index (χ3n) is 3.25. The number of hydrogen-bond donors (Lipinski definition) is 1. The standard InChI is InChI=1S/C10H17N.C7H8O3S/c1-3-4-7-11-8-5-6-10(2)9-11;1-6-2-4-7(5-3-6)11(8,9)10/h5-6,8H,3-4,7,9H2,1-2H3;2-5H,1H3,(H,8,9,10). The van der Waals surface area contributed by atoms with Gasteiger partial charge in [0.1, 0.15) is 0 Å². The molecule has 0 amide bonds. The summed E-state index contributed by atoms with van der Waals surface area (Å²) in [6.45, 7) is 8.58. The van der Waals surface area contributed by atoms with Crippen LogP contribution in [-0.4, -0.2) is 31.0 Å². The minimum atomic E-state index is -4.02. The van der Waals surface area contributed by atoms with E-state index in [0.29, 0.717) is 0 Å². The minimum absolute atomic E-state index is 0.0666. The molecule has 1 aliphatic heterocycles. The van der Waals surface area contributed by atoms with Crippen molar-refractivity contribution in [2.45, 2.75) is 38.5 Å². The Hall–Kier alpha value is -1.59. The van der Waals surface area contributed by atoms with Gasteiger partial charge in [-0.25, -0.2) is 0 Å². The molecule has 0 unspecified atom stereocenters. The summed E-state index contributed by atoms with van der Waals surface area (Å²) in [5, 5.41) is 0. The molecule has 1 aromatic carbocycles. The van der Waals surface area contributed by atoms with E-state index in [1.54, 1.807) is 12.1 Å². The van der Waals surface area contributed by atoms with Crippen LogP contribution in [0.5, 0.6) is 0 Å². The fraction of sp³-hybridized carbons (Fsp3) is 0.412. The molecule has 4 nitrogen and oxygen atoms in total. The Kier molecular flexibility index (Phi) is 7.35. The fourth-order valence-corrected chi connectivity index (χ4v) is 2.46. The Bertz CT molecular complexity index is 616. The first-order valence-electron chi connectivity index (χ1n) is 7.45. The lowest BCUT2D eigenvalue weighted by atomic mass is 10.2. The van der Waals surface area contributed by atoms with Crippen molar-refractivity contribution in [2.75, 3.05) is 13.1 Å². The van der Waals surface area contributed by atoms with Crippen molar-refractivity contribution in [1.29, 1.82) is 0 Å². The average molecular weight is 323 g/mol. The topological polar surface area (TPSA) is 57.6 Å². The van der Waals surface area contributed by atoms with Gasteiger partial charge in [0, 0.05) is 13.1 Å². The zero-order valence-corrected chi connectivity index (χ0v) is 14.3. The molecule has 0 saturated carbocycles. The summed E-state index contributed by atoms with van der Waals surface area (Å²) < 4.78 is 29.6. The first-order valence-corrected chi connectivity index (χ1v) is 8.89. The molecule has 1 heterocycles. The van der Waals surface area contributed by atoms with E-state index in [1.165, 1.54) is 37.1 Å². The van der Waals surface area contributed by atoms with Gasteiger partial charge in [-0.2, -0.15) is 8.42 Å². The predicted octanol–water partition coefficient (Wildman–Crippen LogP) is 3.80. The zero-order chi connectivity index (χ0) is 16.6. The number of allylic oxidation sites excluding steroid dienone is 2. The lowest BCUT2D eigenvalue weighted by Crippen LogP contribution is -2.22. The second kappa shape index (κ2) is 8.76. The minimum Gasteiger partial charge on any atom is -0.373 e. The molecular weight excluding hydrogens is 298 g/mol. The second-order valence-electron chi connectivity index (χ2n) is 5.47. The molecule has 0 bridgehead atoms. The summed E-state index contributed by atoms with van der Waals surface area (Å²) >= 11 is 0. The summed E-state index contributed by atoms with van der Waals surface area (Å²) in [5.41, 5.74) is 2.42. The molecule has 122 valence electrons. The van der Waals surface area contributed by atoms with Gasteiger partial charge in [-0.1, -0.05) is 42.7 Å². The van der Waals surface area contributed by atoms with Crippen molar-refractivity contribution in [3.05, 3.63) is 53.8 Å². The Balaban J connectivity index is 0.000000220. The van der Waals surface area contributed by atoms with Gasteiger partial charge in [-0.15, -0.1) is 0 Å². The largest absolute Gasteiger partial charge is 0.373 e. The summed E-state index contributed by atoms with van der Waals surface area (Å²) in [7, 11) is -4.02. The quantitative estimate of drug-likeness (QED) is 0.856. The molecule has 0 fully saturated rings. The molecule has 0 atom stereocenters. The fourth-order valence-electron chi connectivity index (χ4n) is 1.98. The predicted molar refractivity (Wildman–Crippen MR) is 90.4 cm³/mol. The number of unbranched alkanes of at least 4 members (excludes halogenated alkanes) is 1. The van der Waals surface area contributed by atoms with Crippen LogP contribution in [0.15, 0.2) is 53.1 Å². The van der Waals surface area contributed by atoms with Crippen LogP contribution in [0.2, 0.25) is 0 Å². The van der Waals surface area contributed by atoms with Crippen molar-refractivity contribution in [1.82, 2.24) is 4.90 Å². The van der Waals surface area contributed by atoms with Gasteiger partial charge in [0.25, 0.3) is 10.1 Å². The van der Waals surface area contributed by atoms with E-state index in [-0.39, 0.29) is 4.90 Å². The first kappa shape index (κ1) is 18.5. The highest BCUT2D eigenvalue weighted by Gasteiger charge is 2.06. The van der Waals surface area contributed by atoms with Crippen molar-refractivity contribution in [2.24, 2.45) is 0 Å².